The van der Waals surface area contributed by atoms with Crippen molar-refractivity contribution in [3.05, 3.63) is 29.8 Å². The van der Waals surface area contributed by atoms with Crippen molar-refractivity contribution in [2.45, 2.75) is 18.9 Å². The highest BCUT2D eigenvalue weighted by molar-refractivity contribution is 5.60. The van der Waals surface area contributed by atoms with Gasteiger partial charge in [-0.2, -0.15) is 5.26 Å². The Hall–Kier alpha value is -1.57. The lowest BCUT2D eigenvalue weighted by Crippen LogP contribution is -2.40. The number of aliphatic hydroxyl groups is 1. The molecule has 1 unspecified atom stereocenters. The smallest absolute Gasteiger partial charge is 0.101 e. The Balaban J connectivity index is 2.29. The molecule has 0 spiro atoms. The van der Waals surface area contributed by atoms with Crippen molar-refractivity contribution < 1.29 is 5.11 Å². The van der Waals surface area contributed by atoms with Gasteiger partial charge in [0.15, 0.2) is 0 Å². The molecule has 1 aliphatic rings. The van der Waals surface area contributed by atoms with E-state index in [9.17, 15) is 10.4 Å². The van der Waals surface area contributed by atoms with Gasteiger partial charge in [0, 0.05) is 25.7 Å². The van der Waals surface area contributed by atoms with Gasteiger partial charge in [0.1, 0.15) is 6.07 Å². The van der Waals surface area contributed by atoms with Crippen LogP contribution < -0.4 is 10.2 Å². The predicted octanol–water partition coefficient (Wildman–Crippen LogP) is 1.11. The molecule has 96 valence electrons. The lowest BCUT2D eigenvalue weighted by molar-refractivity contribution is 0.273. The van der Waals surface area contributed by atoms with Crippen LogP contribution in [-0.4, -0.2) is 37.4 Å². The Labute approximate surface area is 108 Å². The molecule has 1 aromatic rings. The number of nitriles is 1. The van der Waals surface area contributed by atoms with Crippen molar-refractivity contribution in [2.24, 2.45) is 0 Å². The van der Waals surface area contributed by atoms with Crippen molar-refractivity contribution in [1.82, 2.24) is 5.32 Å². The van der Waals surface area contributed by atoms with Gasteiger partial charge in [-0.1, -0.05) is 12.1 Å². The molecule has 2 rings (SSSR count). The molecule has 1 aromatic carbocycles. The van der Waals surface area contributed by atoms with Crippen molar-refractivity contribution >= 4 is 5.69 Å². The fourth-order valence-electron chi connectivity index (χ4n) is 2.48. The molecule has 0 aliphatic carbocycles. The average Bonchev–Trinajstić information content (AvgIpc) is 2.65. The molecule has 4 nitrogen and oxygen atoms in total. The third kappa shape index (κ3) is 2.81. The third-order valence-corrected chi connectivity index (χ3v) is 3.37. The Bertz CT molecular complexity index is 427. The maximum Gasteiger partial charge on any atom is 0.101 e. The van der Waals surface area contributed by atoms with E-state index in [1.807, 2.05) is 24.3 Å². The van der Waals surface area contributed by atoms with Crippen LogP contribution in [0.1, 0.15) is 18.4 Å². The van der Waals surface area contributed by atoms with Crippen LogP contribution in [0.25, 0.3) is 0 Å². The number of anilines is 1. The number of para-hydroxylation sites is 1. The van der Waals surface area contributed by atoms with E-state index in [1.54, 1.807) is 0 Å². The number of hydrogen-bond acceptors (Lipinski definition) is 4. The van der Waals surface area contributed by atoms with Crippen LogP contribution in [0.4, 0.5) is 5.69 Å². The molecular formula is C14H19N3O. The van der Waals surface area contributed by atoms with Gasteiger partial charge in [0.05, 0.1) is 11.3 Å². The monoisotopic (exact) mass is 245 g/mol. The zero-order valence-corrected chi connectivity index (χ0v) is 10.5. The number of nitrogens with zero attached hydrogens (tertiary/aromatic N) is 2. The minimum atomic E-state index is 0.178. The van der Waals surface area contributed by atoms with Crippen LogP contribution in [0, 0.1) is 11.3 Å². The minimum Gasteiger partial charge on any atom is -0.396 e. The Morgan fingerprint density at radius 2 is 2.28 bits per heavy atom. The molecule has 0 amide bonds. The van der Waals surface area contributed by atoms with Crippen molar-refractivity contribution in [2.75, 3.05) is 31.1 Å². The number of benzene rings is 1. The summed E-state index contributed by atoms with van der Waals surface area (Å²) in [5, 5.41) is 21.8. The van der Waals surface area contributed by atoms with Crippen molar-refractivity contribution in [1.29, 1.82) is 5.26 Å². The Morgan fingerprint density at radius 3 is 3.06 bits per heavy atom. The fraction of sp³-hybridized carbons (Fsp3) is 0.500. The van der Waals surface area contributed by atoms with Gasteiger partial charge < -0.3 is 15.3 Å². The van der Waals surface area contributed by atoms with Crippen molar-refractivity contribution in [3.8, 4) is 6.07 Å². The van der Waals surface area contributed by atoms with Crippen LogP contribution >= 0.6 is 0 Å². The van der Waals surface area contributed by atoms with Gasteiger partial charge >= 0.3 is 0 Å². The number of hydrogen-bond donors (Lipinski definition) is 2. The highest BCUT2D eigenvalue weighted by atomic mass is 16.3. The molecule has 2 N–H and O–H groups in total. The molecule has 1 aliphatic heterocycles. The number of nitrogens with one attached hydrogen (secondary N) is 1. The highest BCUT2D eigenvalue weighted by Gasteiger charge is 2.22. The molecule has 0 saturated carbocycles. The predicted molar refractivity (Wildman–Crippen MR) is 71.5 cm³/mol. The first kappa shape index (κ1) is 12.9. The highest BCUT2D eigenvalue weighted by Crippen LogP contribution is 2.24. The Morgan fingerprint density at radius 1 is 1.44 bits per heavy atom. The van der Waals surface area contributed by atoms with E-state index in [1.165, 1.54) is 0 Å². The largest absolute Gasteiger partial charge is 0.396 e. The van der Waals surface area contributed by atoms with Crippen LogP contribution in [0.5, 0.6) is 0 Å². The van der Waals surface area contributed by atoms with E-state index < -0.39 is 0 Å². The molecule has 0 aromatic heterocycles. The molecule has 1 fully saturated rings. The maximum absolute atomic E-state index is 9.19. The summed E-state index contributed by atoms with van der Waals surface area (Å²) < 4.78 is 0. The van der Waals surface area contributed by atoms with E-state index in [0.29, 0.717) is 5.56 Å². The maximum atomic E-state index is 9.19. The SMILES string of the molecule is N#Cc1ccccc1N1CCCNCC1CCO. The normalized spacial score (nSPS) is 20.2. The molecule has 0 radical (unpaired) electrons. The first-order chi connectivity index (χ1) is 8.86. The van der Waals surface area contributed by atoms with Crippen LogP contribution in [0.2, 0.25) is 0 Å². The van der Waals surface area contributed by atoms with Gasteiger partial charge in [0.25, 0.3) is 0 Å². The molecule has 1 heterocycles. The van der Waals surface area contributed by atoms with Gasteiger partial charge in [-0.25, -0.2) is 0 Å². The second kappa shape index (κ2) is 6.39. The summed E-state index contributed by atoms with van der Waals surface area (Å²) in [5.74, 6) is 0. The molecule has 18 heavy (non-hydrogen) atoms. The number of aliphatic hydroxyl groups excluding tert-OH is 1. The van der Waals surface area contributed by atoms with E-state index in [-0.39, 0.29) is 12.6 Å². The number of rotatable bonds is 3. The Kier molecular flexibility index (Phi) is 4.57. The first-order valence-electron chi connectivity index (χ1n) is 6.44. The molecule has 0 bridgehead atoms. The molecular weight excluding hydrogens is 226 g/mol. The second-order valence-electron chi connectivity index (χ2n) is 4.55. The summed E-state index contributed by atoms with van der Waals surface area (Å²) in [6.45, 7) is 2.96. The molecule has 1 saturated heterocycles. The fourth-order valence-corrected chi connectivity index (χ4v) is 2.48. The topological polar surface area (TPSA) is 59.3 Å². The molecule has 1 atom stereocenters. The minimum absolute atomic E-state index is 0.178. The summed E-state index contributed by atoms with van der Waals surface area (Å²) in [7, 11) is 0. The average molecular weight is 245 g/mol. The summed E-state index contributed by atoms with van der Waals surface area (Å²) >= 11 is 0. The van der Waals surface area contributed by atoms with E-state index in [0.717, 1.165) is 38.2 Å². The van der Waals surface area contributed by atoms with Crippen molar-refractivity contribution in [3.63, 3.8) is 0 Å². The summed E-state index contributed by atoms with van der Waals surface area (Å²) in [6, 6.07) is 10.2. The van der Waals surface area contributed by atoms with Crippen LogP contribution in [-0.2, 0) is 0 Å². The summed E-state index contributed by atoms with van der Waals surface area (Å²) in [4.78, 5) is 2.26. The van der Waals surface area contributed by atoms with Crippen LogP contribution in [0.3, 0.4) is 0 Å². The quantitative estimate of drug-likeness (QED) is 0.837. The van der Waals surface area contributed by atoms with E-state index in [2.05, 4.69) is 16.3 Å². The van der Waals surface area contributed by atoms with Gasteiger partial charge in [0.2, 0.25) is 0 Å². The third-order valence-electron chi connectivity index (χ3n) is 3.37. The standard InChI is InChI=1S/C14H19N3O/c15-10-12-4-1-2-5-14(12)17-8-3-7-16-11-13(17)6-9-18/h1-2,4-5,13,16,18H,3,6-9,11H2. The lowest BCUT2D eigenvalue weighted by atomic mass is 10.1. The second-order valence-corrected chi connectivity index (χ2v) is 4.55. The first-order valence-corrected chi connectivity index (χ1v) is 6.44. The summed E-state index contributed by atoms with van der Waals surface area (Å²) in [6.07, 6.45) is 1.79. The zero-order valence-electron chi connectivity index (χ0n) is 10.5. The van der Waals surface area contributed by atoms with Gasteiger partial charge in [-0.3, -0.25) is 0 Å². The van der Waals surface area contributed by atoms with E-state index >= 15 is 0 Å². The lowest BCUT2D eigenvalue weighted by Gasteiger charge is -2.32. The zero-order chi connectivity index (χ0) is 12.8. The van der Waals surface area contributed by atoms with E-state index in [4.69, 9.17) is 0 Å². The van der Waals surface area contributed by atoms with Gasteiger partial charge in [-0.05, 0) is 31.5 Å². The van der Waals surface area contributed by atoms with Gasteiger partial charge in [-0.15, -0.1) is 0 Å². The summed E-state index contributed by atoms with van der Waals surface area (Å²) in [5.41, 5.74) is 1.70. The van der Waals surface area contributed by atoms with Crippen LogP contribution in [0.15, 0.2) is 24.3 Å². The molecule has 4 heteroatoms.